The van der Waals surface area contributed by atoms with Crippen molar-refractivity contribution in [3.05, 3.63) is 17.7 Å². The van der Waals surface area contributed by atoms with E-state index in [1.165, 1.54) is 25.7 Å². The highest BCUT2D eigenvalue weighted by molar-refractivity contribution is 5.90. The molecule has 3 aliphatic rings. The molecule has 1 aromatic carbocycles. The van der Waals surface area contributed by atoms with Crippen LogP contribution >= 0.6 is 0 Å². The fraction of sp³-hybridized carbons (Fsp3) is 0.714. The molecule has 37 heavy (non-hydrogen) atoms. The standard InChI is InChI=1S/C28H43N3O6/c1-29-24(32)17-21(25(29)20-11-12-23(35-3)27(37-5)26(20)36-4)28(33)31(15-16-34-2)18-19-9-8-14-30-13-7-6-10-22(19)30/h11-12,19,21-22,25H,6-10,13-18H2,1-5H3/t19-,21?,22+,25?/m0/s1. The number of ether oxygens (including phenoxy) is 4. The molecule has 9 heteroatoms. The van der Waals surface area contributed by atoms with Gasteiger partial charge in [-0.3, -0.25) is 9.59 Å². The van der Waals surface area contributed by atoms with Gasteiger partial charge >= 0.3 is 0 Å². The number of hydrogen-bond donors (Lipinski definition) is 0. The van der Waals surface area contributed by atoms with Crippen LogP contribution in [0, 0.1) is 11.8 Å². The van der Waals surface area contributed by atoms with Gasteiger partial charge < -0.3 is 33.6 Å². The molecule has 4 atom stereocenters. The Bertz CT molecular complexity index is 954. The topological polar surface area (TPSA) is 80.8 Å². The second-order valence-electron chi connectivity index (χ2n) is 10.5. The van der Waals surface area contributed by atoms with E-state index < -0.39 is 12.0 Å². The molecule has 3 fully saturated rings. The number of carbonyl (C=O) groups excluding carboxylic acids is 2. The Morgan fingerprint density at radius 1 is 1.00 bits per heavy atom. The Hall–Kier alpha value is -2.52. The lowest BCUT2D eigenvalue weighted by molar-refractivity contribution is -0.138. The molecule has 3 heterocycles. The van der Waals surface area contributed by atoms with Crippen LogP contribution in [-0.4, -0.2) is 101 Å². The van der Waals surface area contributed by atoms with Crippen molar-refractivity contribution in [3.8, 4) is 17.2 Å². The quantitative estimate of drug-likeness (QED) is 0.472. The third-order valence-electron chi connectivity index (χ3n) is 8.52. The van der Waals surface area contributed by atoms with E-state index in [0.717, 1.165) is 25.1 Å². The highest BCUT2D eigenvalue weighted by Crippen LogP contribution is 2.48. The third kappa shape index (κ3) is 5.53. The molecule has 0 saturated carbocycles. The summed E-state index contributed by atoms with van der Waals surface area (Å²) in [7, 11) is 8.12. The Morgan fingerprint density at radius 3 is 2.46 bits per heavy atom. The number of hydrogen-bond acceptors (Lipinski definition) is 7. The molecule has 3 saturated heterocycles. The minimum atomic E-state index is -0.521. The average molecular weight is 518 g/mol. The summed E-state index contributed by atoms with van der Waals surface area (Å²) in [5, 5.41) is 0. The molecular weight excluding hydrogens is 474 g/mol. The van der Waals surface area contributed by atoms with Crippen LogP contribution in [-0.2, 0) is 14.3 Å². The second-order valence-corrected chi connectivity index (χ2v) is 10.5. The van der Waals surface area contributed by atoms with E-state index >= 15 is 0 Å². The van der Waals surface area contributed by atoms with E-state index in [1.54, 1.807) is 46.5 Å². The zero-order chi connectivity index (χ0) is 26.5. The lowest BCUT2D eigenvalue weighted by Crippen LogP contribution is -2.52. The van der Waals surface area contributed by atoms with E-state index in [4.69, 9.17) is 18.9 Å². The van der Waals surface area contributed by atoms with Gasteiger partial charge in [0.25, 0.3) is 0 Å². The van der Waals surface area contributed by atoms with Crippen LogP contribution in [0.4, 0.5) is 0 Å². The largest absolute Gasteiger partial charge is 0.493 e. The normalized spacial score (nSPS) is 26.1. The van der Waals surface area contributed by atoms with Crippen LogP contribution in [0.2, 0.25) is 0 Å². The van der Waals surface area contributed by atoms with Gasteiger partial charge in [0.15, 0.2) is 11.5 Å². The fourth-order valence-electron chi connectivity index (χ4n) is 6.67. The molecule has 0 radical (unpaired) electrons. The lowest BCUT2D eigenvalue weighted by Gasteiger charge is -2.46. The van der Waals surface area contributed by atoms with Crippen LogP contribution in [0.1, 0.15) is 50.1 Å². The monoisotopic (exact) mass is 517 g/mol. The van der Waals surface area contributed by atoms with Gasteiger partial charge in [-0.25, -0.2) is 0 Å². The first-order valence-electron chi connectivity index (χ1n) is 13.5. The first-order valence-corrected chi connectivity index (χ1v) is 13.5. The Morgan fingerprint density at radius 2 is 1.76 bits per heavy atom. The minimum Gasteiger partial charge on any atom is -0.493 e. The summed E-state index contributed by atoms with van der Waals surface area (Å²) >= 11 is 0. The van der Waals surface area contributed by atoms with Gasteiger partial charge in [-0.05, 0) is 56.8 Å². The summed E-state index contributed by atoms with van der Waals surface area (Å²) in [5.41, 5.74) is 0.745. The van der Waals surface area contributed by atoms with E-state index in [2.05, 4.69) is 4.90 Å². The number of piperidine rings is 2. The molecule has 4 rings (SSSR count). The molecule has 2 amide bonds. The van der Waals surface area contributed by atoms with Crippen LogP contribution in [0.15, 0.2) is 12.1 Å². The summed E-state index contributed by atoms with van der Waals surface area (Å²) in [4.78, 5) is 33.5. The minimum absolute atomic E-state index is 0.00419. The molecular formula is C28H43N3O6. The van der Waals surface area contributed by atoms with Crippen molar-refractivity contribution >= 4 is 11.8 Å². The van der Waals surface area contributed by atoms with Crippen molar-refractivity contribution in [3.63, 3.8) is 0 Å². The fourth-order valence-corrected chi connectivity index (χ4v) is 6.67. The van der Waals surface area contributed by atoms with Crippen LogP contribution in [0.25, 0.3) is 0 Å². The highest BCUT2D eigenvalue weighted by atomic mass is 16.5. The molecule has 0 bridgehead atoms. The van der Waals surface area contributed by atoms with Gasteiger partial charge in [0.2, 0.25) is 17.6 Å². The molecule has 0 aromatic heterocycles. The number of amides is 2. The van der Waals surface area contributed by atoms with E-state index in [0.29, 0.717) is 48.9 Å². The Labute approximate surface area is 220 Å². The number of carbonyl (C=O) groups is 2. The van der Waals surface area contributed by atoms with Crippen molar-refractivity contribution < 1.29 is 28.5 Å². The average Bonchev–Trinajstić information content (AvgIpc) is 3.23. The summed E-state index contributed by atoms with van der Waals surface area (Å²) < 4.78 is 22.2. The molecule has 2 unspecified atom stereocenters. The van der Waals surface area contributed by atoms with Gasteiger partial charge in [-0.2, -0.15) is 0 Å². The van der Waals surface area contributed by atoms with Crippen molar-refractivity contribution in [1.29, 1.82) is 0 Å². The SMILES string of the molecule is COCCN(C[C@@H]1CCCN2CCCC[C@H]12)C(=O)C1CC(=O)N(C)C1c1ccc(OC)c(OC)c1OC. The first kappa shape index (κ1) is 27.5. The summed E-state index contributed by atoms with van der Waals surface area (Å²) in [5.74, 6) is 1.35. The van der Waals surface area contributed by atoms with E-state index in [1.807, 2.05) is 11.0 Å². The molecule has 0 aliphatic carbocycles. The number of fused-ring (bicyclic) bond motifs is 1. The summed E-state index contributed by atoms with van der Waals surface area (Å²) in [6.45, 7) is 4.01. The number of benzene rings is 1. The number of methoxy groups -OCH3 is 4. The van der Waals surface area contributed by atoms with Gasteiger partial charge in [-0.15, -0.1) is 0 Å². The molecule has 3 aliphatic heterocycles. The first-order chi connectivity index (χ1) is 17.9. The van der Waals surface area contributed by atoms with E-state index in [9.17, 15) is 9.59 Å². The van der Waals surface area contributed by atoms with Crippen molar-refractivity contribution in [2.75, 3.05) is 68.3 Å². The molecule has 0 spiro atoms. The zero-order valence-electron chi connectivity index (χ0n) is 23.0. The van der Waals surface area contributed by atoms with Crippen molar-refractivity contribution in [1.82, 2.24) is 14.7 Å². The molecule has 0 N–H and O–H groups in total. The van der Waals surface area contributed by atoms with Crippen molar-refractivity contribution in [2.24, 2.45) is 11.8 Å². The van der Waals surface area contributed by atoms with Crippen LogP contribution < -0.4 is 14.2 Å². The van der Waals surface area contributed by atoms with Gasteiger partial charge in [0.05, 0.1) is 39.9 Å². The van der Waals surface area contributed by atoms with Gasteiger partial charge in [-0.1, -0.05) is 6.42 Å². The number of nitrogens with zero attached hydrogens (tertiary/aromatic N) is 3. The summed E-state index contributed by atoms with van der Waals surface area (Å²) in [6, 6.07) is 3.75. The maximum Gasteiger partial charge on any atom is 0.228 e. The number of likely N-dealkylation sites (tertiary alicyclic amines) is 1. The molecule has 206 valence electrons. The predicted molar refractivity (Wildman–Crippen MR) is 140 cm³/mol. The lowest BCUT2D eigenvalue weighted by atomic mass is 9.83. The van der Waals surface area contributed by atoms with E-state index in [-0.39, 0.29) is 18.2 Å². The maximum absolute atomic E-state index is 14.2. The second kappa shape index (κ2) is 12.3. The Balaban J connectivity index is 1.64. The third-order valence-corrected chi connectivity index (χ3v) is 8.52. The summed E-state index contributed by atoms with van der Waals surface area (Å²) in [6.07, 6.45) is 6.19. The van der Waals surface area contributed by atoms with Crippen LogP contribution in [0.5, 0.6) is 17.2 Å². The zero-order valence-corrected chi connectivity index (χ0v) is 23.0. The van der Waals surface area contributed by atoms with Gasteiger partial charge in [0, 0.05) is 45.3 Å². The smallest absolute Gasteiger partial charge is 0.228 e. The predicted octanol–water partition coefficient (Wildman–Crippen LogP) is 2.97. The molecule has 1 aromatic rings. The highest BCUT2D eigenvalue weighted by Gasteiger charge is 2.46. The Kier molecular flexibility index (Phi) is 9.18. The maximum atomic E-state index is 14.2. The number of rotatable bonds is 10. The molecule has 9 nitrogen and oxygen atoms in total. The van der Waals surface area contributed by atoms with Crippen LogP contribution in [0.3, 0.4) is 0 Å². The van der Waals surface area contributed by atoms with Crippen molar-refractivity contribution in [2.45, 2.75) is 50.6 Å². The van der Waals surface area contributed by atoms with Gasteiger partial charge in [0.1, 0.15) is 0 Å².